The zero-order chi connectivity index (χ0) is 20.8. The summed E-state index contributed by atoms with van der Waals surface area (Å²) in [6.45, 7) is 0. The normalized spacial score (nSPS) is 14.4. The van der Waals surface area contributed by atoms with Crippen LogP contribution in [0, 0.1) is 0 Å². The first kappa shape index (κ1) is 21.2. The van der Waals surface area contributed by atoms with Gasteiger partial charge in [0.15, 0.2) is 0 Å². The van der Waals surface area contributed by atoms with Crippen LogP contribution in [-0.2, 0) is 5.75 Å². The molecule has 0 bridgehead atoms. The van der Waals surface area contributed by atoms with Crippen molar-refractivity contribution in [2.24, 2.45) is 0 Å². The summed E-state index contributed by atoms with van der Waals surface area (Å²) >= 11 is 5.25. The van der Waals surface area contributed by atoms with Crippen LogP contribution in [-0.4, -0.2) is 5.91 Å². The van der Waals surface area contributed by atoms with Crippen molar-refractivity contribution in [3.8, 4) is 0 Å². The molecule has 1 saturated carbocycles. The lowest BCUT2D eigenvalue weighted by Gasteiger charge is -2.22. The summed E-state index contributed by atoms with van der Waals surface area (Å²) in [6, 6.07) is 24.6. The number of nitrogens with one attached hydrogen (secondary N) is 1. The first-order valence-corrected chi connectivity index (χ1v) is 12.3. The fourth-order valence-electron chi connectivity index (χ4n) is 3.93. The van der Waals surface area contributed by atoms with Gasteiger partial charge in [0.25, 0.3) is 5.91 Å². The smallest absolute Gasteiger partial charge is 0.255 e. The summed E-state index contributed by atoms with van der Waals surface area (Å²) in [4.78, 5) is 13.7. The van der Waals surface area contributed by atoms with Crippen molar-refractivity contribution in [2.45, 2.75) is 48.7 Å². The lowest BCUT2D eigenvalue weighted by atomic mass is 9.84. The van der Waals surface area contributed by atoms with Gasteiger partial charge < -0.3 is 5.32 Å². The highest BCUT2D eigenvalue weighted by Crippen LogP contribution is 2.33. The molecule has 1 aliphatic carbocycles. The third kappa shape index (κ3) is 5.77. The molecule has 3 aromatic rings. The summed E-state index contributed by atoms with van der Waals surface area (Å²) in [5.41, 5.74) is 4.18. The van der Waals surface area contributed by atoms with Gasteiger partial charge in [0.1, 0.15) is 0 Å². The lowest BCUT2D eigenvalue weighted by molar-refractivity contribution is 0.102. The van der Waals surface area contributed by atoms with Crippen LogP contribution in [0.3, 0.4) is 0 Å². The van der Waals surface area contributed by atoms with Gasteiger partial charge in [-0.15, -0.1) is 11.8 Å². The van der Waals surface area contributed by atoms with E-state index in [1.807, 2.05) is 60.3 Å². The molecule has 0 saturated heterocycles. The van der Waals surface area contributed by atoms with Crippen molar-refractivity contribution in [3.63, 3.8) is 0 Å². The second-order valence-corrected chi connectivity index (χ2v) is 9.82. The minimum atomic E-state index is -0.0881. The minimum Gasteiger partial charge on any atom is -0.322 e. The third-order valence-corrected chi connectivity index (χ3v) is 7.29. The Morgan fingerprint density at radius 3 is 2.20 bits per heavy atom. The molecule has 2 nitrogen and oxygen atoms in total. The van der Waals surface area contributed by atoms with Crippen molar-refractivity contribution in [1.82, 2.24) is 0 Å². The first-order valence-electron chi connectivity index (χ1n) is 10.6. The van der Waals surface area contributed by atoms with Crippen LogP contribution in [0.25, 0.3) is 0 Å². The van der Waals surface area contributed by atoms with Crippen molar-refractivity contribution < 1.29 is 4.79 Å². The number of rotatable bonds is 6. The number of carbonyl (C=O) groups is 1. The standard InChI is InChI=1S/C26H26BrNOS/c27-23-12-14-24(15-13-23)28-26(29)22-8-6-19(7-9-22)18-30-25-16-10-21(11-17-25)20-4-2-1-3-5-20/h6-17,20H,1-5,18H2,(H,28,29). The predicted octanol–water partition coefficient (Wildman–Crippen LogP) is 8.04. The number of thioether (sulfide) groups is 1. The Balaban J connectivity index is 1.30. The van der Waals surface area contributed by atoms with Gasteiger partial charge in [0, 0.05) is 26.4 Å². The number of carbonyl (C=O) groups excluding carboxylic acids is 1. The molecule has 3 aromatic carbocycles. The Bertz CT molecular complexity index is 961. The molecular weight excluding hydrogens is 454 g/mol. The Morgan fingerprint density at radius 2 is 1.53 bits per heavy atom. The van der Waals surface area contributed by atoms with E-state index in [0.29, 0.717) is 5.56 Å². The Hall–Kier alpha value is -2.04. The van der Waals surface area contributed by atoms with Crippen LogP contribution in [0.4, 0.5) is 5.69 Å². The van der Waals surface area contributed by atoms with Gasteiger partial charge in [-0.1, -0.05) is 59.5 Å². The molecule has 0 heterocycles. The van der Waals surface area contributed by atoms with E-state index >= 15 is 0 Å². The Morgan fingerprint density at radius 1 is 0.867 bits per heavy atom. The maximum absolute atomic E-state index is 12.4. The zero-order valence-corrected chi connectivity index (χ0v) is 19.3. The molecule has 0 aromatic heterocycles. The highest BCUT2D eigenvalue weighted by Gasteiger charge is 2.15. The average Bonchev–Trinajstić information content (AvgIpc) is 2.80. The van der Waals surface area contributed by atoms with E-state index in [4.69, 9.17) is 0 Å². The topological polar surface area (TPSA) is 29.1 Å². The maximum Gasteiger partial charge on any atom is 0.255 e. The summed E-state index contributed by atoms with van der Waals surface area (Å²) in [7, 11) is 0. The third-order valence-electron chi connectivity index (χ3n) is 5.68. The molecule has 1 fully saturated rings. The number of anilines is 1. The van der Waals surface area contributed by atoms with Gasteiger partial charge >= 0.3 is 0 Å². The van der Waals surface area contributed by atoms with Crippen LogP contribution < -0.4 is 5.32 Å². The summed E-state index contributed by atoms with van der Waals surface area (Å²) < 4.78 is 0.992. The van der Waals surface area contributed by atoms with E-state index in [-0.39, 0.29) is 5.91 Å². The van der Waals surface area contributed by atoms with E-state index in [1.54, 1.807) is 0 Å². The SMILES string of the molecule is O=C(Nc1ccc(Br)cc1)c1ccc(CSc2ccc(C3CCCCC3)cc2)cc1. The molecule has 0 unspecified atom stereocenters. The van der Waals surface area contributed by atoms with Crippen molar-refractivity contribution >= 4 is 39.3 Å². The van der Waals surface area contributed by atoms with E-state index in [9.17, 15) is 4.79 Å². The largest absolute Gasteiger partial charge is 0.322 e. The second-order valence-electron chi connectivity index (χ2n) is 7.85. The molecule has 30 heavy (non-hydrogen) atoms. The molecule has 154 valence electrons. The molecule has 0 spiro atoms. The van der Waals surface area contributed by atoms with E-state index in [0.717, 1.165) is 21.8 Å². The van der Waals surface area contributed by atoms with Crippen molar-refractivity contribution in [3.05, 3.63) is 94.0 Å². The molecule has 4 heteroatoms. The van der Waals surface area contributed by atoms with Gasteiger partial charge in [0.2, 0.25) is 0 Å². The fourth-order valence-corrected chi connectivity index (χ4v) is 5.05. The highest BCUT2D eigenvalue weighted by molar-refractivity contribution is 9.10. The molecule has 1 amide bonds. The highest BCUT2D eigenvalue weighted by atomic mass is 79.9. The molecule has 1 aliphatic rings. The zero-order valence-electron chi connectivity index (χ0n) is 16.9. The average molecular weight is 480 g/mol. The van der Waals surface area contributed by atoms with E-state index in [1.165, 1.54) is 48.1 Å². The van der Waals surface area contributed by atoms with Gasteiger partial charge in [0.05, 0.1) is 0 Å². The number of hydrogen-bond donors (Lipinski definition) is 1. The molecule has 4 rings (SSSR count). The number of amides is 1. The number of halogens is 1. The number of hydrogen-bond acceptors (Lipinski definition) is 2. The Kier molecular flexibility index (Phi) is 7.29. The Labute approximate surface area is 191 Å². The van der Waals surface area contributed by atoms with E-state index < -0.39 is 0 Å². The quantitative estimate of drug-likeness (QED) is 0.362. The first-order chi connectivity index (χ1) is 14.7. The monoisotopic (exact) mass is 479 g/mol. The number of benzene rings is 3. The summed E-state index contributed by atoms with van der Waals surface area (Å²) in [6.07, 6.45) is 6.83. The fraction of sp³-hybridized carbons (Fsp3) is 0.269. The maximum atomic E-state index is 12.4. The molecule has 0 radical (unpaired) electrons. The molecule has 0 atom stereocenters. The van der Waals surface area contributed by atoms with Gasteiger partial charge in [-0.2, -0.15) is 0 Å². The predicted molar refractivity (Wildman–Crippen MR) is 130 cm³/mol. The molecular formula is C26H26BrNOS. The van der Waals surface area contributed by atoms with Crippen molar-refractivity contribution in [1.29, 1.82) is 0 Å². The summed E-state index contributed by atoms with van der Waals surface area (Å²) in [5, 5.41) is 2.93. The van der Waals surface area contributed by atoms with Crippen LogP contribution in [0.15, 0.2) is 82.2 Å². The molecule has 1 N–H and O–H groups in total. The van der Waals surface area contributed by atoms with E-state index in [2.05, 4.69) is 45.5 Å². The van der Waals surface area contributed by atoms with Crippen LogP contribution in [0.2, 0.25) is 0 Å². The van der Waals surface area contributed by atoms with Crippen LogP contribution >= 0.6 is 27.7 Å². The van der Waals surface area contributed by atoms with Gasteiger partial charge in [-0.05, 0) is 78.4 Å². The van der Waals surface area contributed by atoms with Crippen molar-refractivity contribution in [2.75, 3.05) is 5.32 Å². The van der Waals surface area contributed by atoms with Gasteiger partial charge in [-0.25, -0.2) is 0 Å². The second kappa shape index (κ2) is 10.3. The lowest BCUT2D eigenvalue weighted by Crippen LogP contribution is -2.11. The van der Waals surface area contributed by atoms with Gasteiger partial charge in [-0.3, -0.25) is 4.79 Å². The van der Waals surface area contributed by atoms with Crippen LogP contribution in [0.1, 0.15) is 59.5 Å². The summed E-state index contributed by atoms with van der Waals surface area (Å²) in [5.74, 6) is 1.57. The minimum absolute atomic E-state index is 0.0881. The molecule has 0 aliphatic heterocycles. The van der Waals surface area contributed by atoms with Crippen LogP contribution in [0.5, 0.6) is 0 Å².